The summed E-state index contributed by atoms with van der Waals surface area (Å²) >= 11 is 0. The molecule has 2 aromatic heterocycles. The Morgan fingerprint density at radius 2 is 1.85 bits per heavy atom. The molecule has 3 aromatic rings. The first kappa shape index (κ1) is 29.5. The molecule has 1 atom stereocenters. The molecule has 9 nitrogen and oxygen atoms in total. The number of imidazole rings is 2. The van der Waals surface area contributed by atoms with Crippen LogP contribution >= 0.6 is 0 Å². The lowest BCUT2D eigenvalue weighted by Gasteiger charge is -2.40. The number of aryl methyl sites for hydroxylation is 1. The van der Waals surface area contributed by atoms with Gasteiger partial charge in [0.2, 0.25) is 0 Å². The zero-order valence-electron chi connectivity index (χ0n) is 25.0. The normalized spacial score (nSPS) is 19.6. The largest absolute Gasteiger partial charge is 0.480 e. The van der Waals surface area contributed by atoms with Crippen LogP contribution in [0.4, 0.5) is 0 Å². The van der Waals surface area contributed by atoms with E-state index in [1.807, 2.05) is 12.4 Å². The minimum Gasteiger partial charge on any atom is -0.480 e. The number of aliphatic carboxylic acids is 1. The van der Waals surface area contributed by atoms with Crippen molar-refractivity contribution in [2.45, 2.75) is 85.2 Å². The maximum atomic E-state index is 12.3. The molecule has 0 amide bonds. The fourth-order valence-electron chi connectivity index (χ4n) is 6.79. The Balaban J connectivity index is 1.22. The van der Waals surface area contributed by atoms with Crippen LogP contribution in [0.3, 0.4) is 0 Å². The highest BCUT2D eigenvalue weighted by molar-refractivity contribution is 5.74. The standard InChI is InChI=1S/C32H47N7O2/c1-4-14-38-17-13-35-30(38)23-37(22-29-33-11-12-34-29)20-26-5-7-27(8-6-26)21-39-24-32(18-28(39)31(40)41)9-15-36(16-10-32)19-25(2)3/h5-8,11-13,17,25,28H,4,9-10,14-16,18-24H2,1-3H3,(H,33,34)(H,40,41). The van der Waals surface area contributed by atoms with Crippen LogP contribution in [0.25, 0.3) is 0 Å². The monoisotopic (exact) mass is 561 g/mol. The molecule has 1 unspecified atom stereocenters. The van der Waals surface area contributed by atoms with E-state index in [-0.39, 0.29) is 5.41 Å². The van der Waals surface area contributed by atoms with E-state index in [4.69, 9.17) is 0 Å². The molecule has 9 heteroatoms. The second-order valence-electron chi connectivity index (χ2n) is 12.7. The fraction of sp³-hybridized carbons (Fsp3) is 0.594. The van der Waals surface area contributed by atoms with E-state index in [1.165, 1.54) is 11.1 Å². The molecule has 2 aliphatic rings. The molecular weight excluding hydrogens is 514 g/mol. The first-order valence-electron chi connectivity index (χ1n) is 15.3. The van der Waals surface area contributed by atoms with Gasteiger partial charge in [-0.3, -0.25) is 14.6 Å². The first-order chi connectivity index (χ1) is 19.8. The highest BCUT2D eigenvalue weighted by Crippen LogP contribution is 2.44. The van der Waals surface area contributed by atoms with Crippen LogP contribution < -0.4 is 0 Å². The molecule has 0 saturated carbocycles. The second-order valence-corrected chi connectivity index (χ2v) is 12.7. The Bertz CT molecular complexity index is 1230. The molecule has 1 spiro atoms. The summed E-state index contributed by atoms with van der Waals surface area (Å²) in [4.78, 5) is 31.7. The number of nitrogens with one attached hydrogen (secondary N) is 1. The molecule has 4 heterocycles. The van der Waals surface area contributed by atoms with Crippen LogP contribution in [-0.4, -0.2) is 77.5 Å². The minimum atomic E-state index is -0.682. The number of nitrogens with zero attached hydrogens (tertiary/aromatic N) is 6. The predicted octanol–water partition coefficient (Wildman–Crippen LogP) is 4.62. The van der Waals surface area contributed by atoms with Crippen molar-refractivity contribution in [3.05, 3.63) is 71.8 Å². The Morgan fingerprint density at radius 1 is 1.10 bits per heavy atom. The Kier molecular flexibility index (Phi) is 9.57. The summed E-state index contributed by atoms with van der Waals surface area (Å²) < 4.78 is 2.23. The van der Waals surface area contributed by atoms with Gasteiger partial charge >= 0.3 is 5.97 Å². The van der Waals surface area contributed by atoms with E-state index in [0.29, 0.717) is 19.0 Å². The SMILES string of the molecule is CCCn1ccnc1CN(Cc1ccc(CN2CC3(CCN(CC(C)C)CC3)CC2C(=O)O)cc1)Cc1ncc[nH]1. The second kappa shape index (κ2) is 13.3. The highest BCUT2D eigenvalue weighted by Gasteiger charge is 2.47. The van der Waals surface area contributed by atoms with Gasteiger partial charge in [0.15, 0.2) is 0 Å². The van der Waals surface area contributed by atoms with Crippen molar-refractivity contribution in [3.63, 3.8) is 0 Å². The van der Waals surface area contributed by atoms with Crippen LogP contribution in [-0.2, 0) is 37.5 Å². The maximum Gasteiger partial charge on any atom is 0.320 e. The zero-order chi connectivity index (χ0) is 28.8. The molecule has 41 heavy (non-hydrogen) atoms. The number of piperidine rings is 1. The Labute approximate surface area is 244 Å². The number of aromatic nitrogens is 4. The summed E-state index contributed by atoms with van der Waals surface area (Å²) in [6.07, 6.45) is 11.6. The average Bonchev–Trinajstić information content (AvgIpc) is 3.69. The van der Waals surface area contributed by atoms with Crippen molar-refractivity contribution in [1.82, 2.24) is 34.2 Å². The molecule has 5 rings (SSSR count). The van der Waals surface area contributed by atoms with E-state index in [1.54, 1.807) is 6.20 Å². The summed E-state index contributed by atoms with van der Waals surface area (Å²) in [5.41, 5.74) is 2.52. The van der Waals surface area contributed by atoms with Gasteiger partial charge in [-0.05, 0) is 61.2 Å². The van der Waals surface area contributed by atoms with Crippen LogP contribution in [0, 0.1) is 11.3 Å². The predicted molar refractivity (Wildman–Crippen MR) is 160 cm³/mol. The van der Waals surface area contributed by atoms with Gasteiger partial charge in [0.1, 0.15) is 17.7 Å². The smallest absolute Gasteiger partial charge is 0.320 e. The van der Waals surface area contributed by atoms with E-state index >= 15 is 0 Å². The van der Waals surface area contributed by atoms with Gasteiger partial charge < -0.3 is 19.6 Å². The van der Waals surface area contributed by atoms with Gasteiger partial charge in [-0.1, -0.05) is 45.0 Å². The molecule has 2 aliphatic heterocycles. The lowest BCUT2D eigenvalue weighted by molar-refractivity contribution is -0.142. The molecule has 0 aliphatic carbocycles. The lowest BCUT2D eigenvalue weighted by atomic mass is 9.76. The number of likely N-dealkylation sites (tertiary alicyclic amines) is 2. The van der Waals surface area contributed by atoms with Crippen LogP contribution in [0.1, 0.15) is 69.2 Å². The molecule has 2 saturated heterocycles. The summed E-state index contributed by atoms with van der Waals surface area (Å²) in [7, 11) is 0. The number of carboxylic acids is 1. The quantitative estimate of drug-likeness (QED) is 0.315. The van der Waals surface area contributed by atoms with Crippen molar-refractivity contribution < 1.29 is 9.90 Å². The minimum absolute atomic E-state index is 0.131. The van der Waals surface area contributed by atoms with Crippen molar-refractivity contribution in [3.8, 4) is 0 Å². The Morgan fingerprint density at radius 3 is 2.51 bits per heavy atom. The van der Waals surface area contributed by atoms with E-state index < -0.39 is 12.0 Å². The third-order valence-electron chi connectivity index (χ3n) is 8.81. The Hall–Kier alpha value is -3.01. The molecule has 2 fully saturated rings. The number of H-pyrrole nitrogens is 1. The van der Waals surface area contributed by atoms with Crippen LogP contribution in [0.2, 0.25) is 0 Å². The third kappa shape index (κ3) is 7.64. The van der Waals surface area contributed by atoms with Gasteiger partial charge in [-0.15, -0.1) is 0 Å². The zero-order valence-corrected chi connectivity index (χ0v) is 25.0. The molecule has 2 N–H and O–H groups in total. The van der Waals surface area contributed by atoms with Crippen LogP contribution in [0.15, 0.2) is 49.1 Å². The van der Waals surface area contributed by atoms with E-state index in [2.05, 4.69) is 85.5 Å². The third-order valence-corrected chi connectivity index (χ3v) is 8.81. The van der Waals surface area contributed by atoms with Gasteiger partial charge in [0, 0.05) is 57.5 Å². The molecule has 0 bridgehead atoms. The van der Waals surface area contributed by atoms with Crippen molar-refractivity contribution >= 4 is 5.97 Å². The topological polar surface area (TPSA) is 93.5 Å². The van der Waals surface area contributed by atoms with Gasteiger partial charge in [0.05, 0.1) is 13.1 Å². The van der Waals surface area contributed by atoms with Gasteiger partial charge in [0.25, 0.3) is 0 Å². The lowest BCUT2D eigenvalue weighted by Crippen LogP contribution is -2.42. The van der Waals surface area contributed by atoms with E-state index in [0.717, 1.165) is 83.1 Å². The first-order valence-corrected chi connectivity index (χ1v) is 15.3. The summed E-state index contributed by atoms with van der Waals surface area (Å²) in [5.74, 6) is 1.99. The average molecular weight is 562 g/mol. The van der Waals surface area contributed by atoms with Gasteiger partial charge in [-0.2, -0.15) is 0 Å². The number of rotatable bonds is 13. The number of carboxylic acid groups (broad SMARTS) is 1. The highest BCUT2D eigenvalue weighted by atomic mass is 16.4. The number of benzene rings is 1. The maximum absolute atomic E-state index is 12.3. The van der Waals surface area contributed by atoms with Crippen molar-refractivity contribution in [2.24, 2.45) is 11.3 Å². The van der Waals surface area contributed by atoms with Crippen LogP contribution in [0.5, 0.6) is 0 Å². The molecule has 0 radical (unpaired) electrons. The summed E-state index contributed by atoms with van der Waals surface area (Å²) in [5, 5.41) is 10.1. The number of hydrogen-bond donors (Lipinski definition) is 2. The fourth-order valence-corrected chi connectivity index (χ4v) is 6.79. The summed E-state index contributed by atoms with van der Waals surface area (Å²) in [6.45, 7) is 14.8. The number of hydrogen-bond acceptors (Lipinski definition) is 6. The number of carbonyl (C=O) groups is 1. The molecule has 1 aromatic carbocycles. The van der Waals surface area contributed by atoms with E-state index in [9.17, 15) is 9.90 Å². The molecule has 222 valence electrons. The van der Waals surface area contributed by atoms with Crippen molar-refractivity contribution in [1.29, 1.82) is 0 Å². The van der Waals surface area contributed by atoms with Gasteiger partial charge in [-0.25, -0.2) is 9.97 Å². The summed E-state index contributed by atoms with van der Waals surface area (Å²) in [6, 6.07) is 8.33. The molecular formula is C32H47N7O2. The number of aromatic amines is 1. The van der Waals surface area contributed by atoms with Crippen molar-refractivity contribution in [2.75, 3.05) is 26.2 Å².